The minimum Gasteiger partial charge on any atom is -0.466 e. The summed E-state index contributed by atoms with van der Waals surface area (Å²) in [5.74, 6) is -0.113. The maximum Gasteiger partial charge on any atom is 0.314 e. The van der Waals surface area contributed by atoms with Crippen molar-refractivity contribution in [3.63, 3.8) is 0 Å². The quantitative estimate of drug-likeness (QED) is 0.0766. The van der Waals surface area contributed by atoms with E-state index < -0.39 is 25.2 Å². The molecule has 0 atom stereocenters. The first-order chi connectivity index (χ1) is 17.3. The average Bonchev–Trinajstić information content (AvgIpc) is 2.78. The molecule has 7 heteroatoms. The van der Waals surface area contributed by atoms with Crippen LogP contribution in [0.15, 0.2) is 54.6 Å². The minimum absolute atomic E-state index is 0.113. The lowest BCUT2D eigenvalue weighted by molar-refractivity contribution is -0.143. The van der Waals surface area contributed by atoms with Crippen LogP contribution in [0, 0.1) is 0 Å². The molecule has 0 radical (unpaired) electrons. The van der Waals surface area contributed by atoms with Gasteiger partial charge in [-0.15, -0.1) is 0 Å². The molecule has 4 rings (SSSR count). The summed E-state index contributed by atoms with van der Waals surface area (Å²) < 4.78 is 18.7. The summed E-state index contributed by atoms with van der Waals surface area (Å²) in [6.45, 7) is 15.9. The van der Waals surface area contributed by atoms with E-state index in [0.29, 0.717) is 13.0 Å². The van der Waals surface area contributed by atoms with Crippen molar-refractivity contribution in [3.05, 3.63) is 60.2 Å². The van der Waals surface area contributed by atoms with Gasteiger partial charge in [0.1, 0.15) is 0 Å². The van der Waals surface area contributed by atoms with Gasteiger partial charge in [0.05, 0.1) is 6.61 Å². The standard InChI is InChI=1S/C30H42O4Si3/c1-35(2,3)33-37(7,34-36(4,5)6)22-10-21-32-28(31)14-9-11-23-15-16-26-18-17-24-12-8-13-25-19-20-27(23)30(26)29(24)25/h8,12-13,15-20H,9-11,14,21-22H2,1-7H3. The molecule has 0 saturated heterocycles. The van der Waals surface area contributed by atoms with Gasteiger partial charge in [-0.3, -0.25) is 4.79 Å². The highest BCUT2D eigenvalue weighted by atomic mass is 28.5. The summed E-state index contributed by atoms with van der Waals surface area (Å²) in [5.41, 5.74) is 1.30. The normalized spacial score (nSPS) is 13.2. The molecule has 0 saturated carbocycles. The lowest BCUT2D eigenvalue weighted by atomic mass is 9.90. The summed E-state index contributed by atoms with van der Waals surface area (Å²) in [5, 5.41) is 7.80. The Hall–Kier alpha value is -2.04. The van der Waals surface area contributed by atoms with Gasteiger partial charge in [-0.1, -0.05) is 54.6 Å². The Balaban J connectivity index is 1.31. The number of hydrogen-bond donors (Lipinski definition) is 0. The molecule has 0 fully saturated rings. The van der Waals surface area contributed by atoms with E-state index >= 15 is 0 Å². The zero-order valence-electron chi connectivity index (χ0n) is 23.6. The lowest BCUT2D eigenvalue weighted by Gasteiger charge is -2.38. The van der Waals surface area contributed by atoms with E-state index in [1.807, 2.05) is 0 Å². The monoisotopic (exact) mass is 550 g/mol. The number of carbonyl (C=O) groups excluding carboxylic acids is 1. The first-order valence-corrected chi connectivity index (χ1v) is 22.9. The molecule has 0 aliphatic carbocycles. The van der Waals surface area contributed by atoms with Crippen LogP contribution in [0.1, 0.15) is 24.8 Å². The van der Waals surface area contributed by atoms with Crippen LogP contribution in [0.2, 0.25) is 51.9 Å². The van der Waals surface area contributed by atoms with Gasteiger partial charge < -0.3 is 13.0 Å². The highest BCUT2D eigenvalue weighted by molar-refractivity contribution is 6.87. The molecule has 37 heavy (non-hydrogen) atoms. The van der Waals surface area contributed by atoms with Crippen molar-refractivity contribution >= 4 is 63.5 Å². The molecule has 198 valence electrons. The number of esters is 1. The second-order valence-electron chi connectivity index (χ2n) is 12.3. The van der Waals surface area contributed by atoms with Crippen molar-refractivity contribution < 1.29 is 17.8 Å². The van der Waals surface area contributed by atoms with E-state index in [2.05, 4.69) is 100 Å². The fraction of sp³-hybridized carbons (Fsp3) is 0.433. The summed E-state index contributed by atoms with van der Waals surface area (Å²) in [6, 6.07) is 20.7. The smallest absolute Gasteiger partial charge is 0.314 e. The van der Waals surface area contributed by atoms with E-state index in [0.717, 1.165) is 25.3 Å². The Kier molecular flexibility index (Phi) is 8.31. The van der Waals surface area contributed by atoms with Crippen LogP contribution in [-0.2, 0) is 24.2 Å². The van der Waals surface area contributed by atoms with Crippen molar-refractivity contribution in [2.24, 2.45) is 0 Å². The molecule has 0 aliphatic heterocycles. The van der Waals surface area contributed by atoms with Crippen molar-refractivity contribution in [1.29, 1.82) is 0 Å². The maximum atomic E-state index is 12.5. The highest BCUT2D eigenvalue weighted by Gasteiger charge is 2.39. The van der Waals surface area contributed by atoms with Gasteiger partial charge in [-0.2, -0.15) is 0 Å². The molecule has 0 aliphatic rings. The first-order valence-electron chi connectivity index (χ1n) is 13.6. The number of carbonyl (C=O) groups is 1. The molecule has 0 N–H and O–H groups in total. The predicted molar refractivity (Wildman–Crippen MR) is 164 cm³/mol. The molecule has 0 heterocycles. The summed E-state index contributed by atoms with van der Waals surface area (Å²) >= 11 is 0. The third kappa shape index (κ3) is 7.29. The SMILES string of the molecule is C[Si](C)(C)O[Si](C)(CCCOC(=O)CCCc1ccc2ccc3cccc4ccc1c2c34)O[Si](C)(C)C. The van der Waals surface area contributed by atoms with Crippen molar-refractivity contribution in [2.75, 3.05) is 6.61 Å². The summed E-state index contributed by atoms with van der Waals surface area (Å²) in [7, 11) is -5.71. The van der Waals surface area contributed by atoms with Crippen LogP contribution < -0.4 is 0 Å². The van der Waals surface area contributed by atoms with Gasteiger partial charge in [0, 0.05) is 6.42 Å². The molecule has 0 bridgehead atoms. The molecule has 0 amide bonds. The van der Waals surface area contributed by atoms with Gasteiger partial charge in [-0.05, 0) is 109 Å². The Bertz CT molecular complexity index is 1340. The molecular formula is C30H42O4Si3. The van der Waals surface area contributed by atoms with Gasteiger partial charge in [-0.25, -0.2) is 0 Å². The molecular weight excluding hydrogens is 509 g/mol. The van der Waals surface area contributed by atoms with Crippen LogP contribution in [0.25, 0.3) is 32.3 Å². The van der Waals surface area contributed by atoms with E-state index in [1.165, 1.54) is 37.9 Å². The Labute approximate surface area is 225 Å². The summed E-state index contributed by atoms with van der Waals surface area (Å²) in [4.78, 5) is 12.5. The largest absolute Gasteiger partial charge is 0.466 e. The second kappa shape index (κ2) is 11.0. The molecule has 0 spiro atoms. The Morgan fingerprint density at radius 2 is 1.27 bits per heavy atom. The van der Waals surface area contributed by atoms with E-state index in [-0.39, 0.29) is 5.97 Å². The lowest BCUT2D eigenvalue weighted by Crippen LogP contribution is -2.52. The van der Waals surface area contributed by atoms with E-state index in [1.54, 1.807) is 0 Å². The predicted octanol–water partition coefficient (Wildman–Crippen LogP) is 8.62. The highest BCUT2D eigenvalue weighted by Crippen LogP contribution is 2.36. The second-order valence-corrected chi connectivity index (χ2v) is 25.2. The van der Waals surface area contributed by atoms with Crippen LogP contribution in [-0.4, -0.2) is 37.8 Å². The molecule has 0 unspecified atom stereocenters. The van der Waals surface area contributed by atoms with Crippen LogP contribution in [0.4, 0.5) is 0 Å². The number of benzene rings is 4. The number of rotatable bonds is 12. The van der Waals surface area contributed by atoms with Crippen LogP contribution in [0.3, 0.4) is 0 Å². The molecule has 4 aromatic rings. The third-order valence-corrected chi connectivity index (χ3v) is 16.1. The zero-order chi connectivity index (χ0) is 26.8. The van der Waals surface area contributed by atoms with Gasteiger partial charge >= 0.3 is 14.5 Å². The van der Waals surface area contributed by atoms with Crippen LogP contribution in [0.5, 0.6) is 0 Å². The van der Waals surface area contributed by atoms with E-state index in [9.17, 15) is 4.79 Å². The molecule has 0 aromatic heterocycles. The van der Waals surface area contributed by atoms with Crippen LogP contribution >= 0.6 is 0 Å². The number of aryl methyl sites for hydroxylation is 1. The average molecular weight is 551 g/mol. The Morgan fingerprint density at radius 1 is 0.703 bits per heavy atom. The molecule has 4 nitrogen and oxygen atoms in total. The Morgan fingerprint density at radius 3 is 1.89 bits per heavy atom. The van der Waals surface area contributed by atoms with E-state index in [4.69, 9.17) is 13.0 Å². The first kappa shape index (κ1) is 28.0. The number of ether oxygens (including phenoxy) is 1. The third-order valence-electron chi connectivity index (χ3n) is 6.53. The van der Waals surface area contributed by atoms with Crippen molar-refractivity contribution in [3.8, 4) is 0 Å². The van der Waals surface area contributed by atoms with Gasteiger partial charge in [0.15, 0.2) is 16.6 Å². The van der Waals surface area contributed by atoms with Gasteiger partial charge in [0.25, 0.3) is 0 Å². The van der Waals surface area contributed by atoms with Crippen molar-refractivity contribution in [1.82, 2.24) is 0 Å². The fourth-order valence-corrected chi connectivity index (χ4v) is 18.0. The minimum atomic E-state index is -2.28. The zero-order valence-corrected chi connectivity index (χ0v) is 26.6. The van der Waals surface area contributed by atoms with Gasteiger partial charge in [0.2, 0.25) is 0 Å². The summed E-state index contributed by atoms with van der Waals surface area (Å²) in [6.07, 6.45) is 2.88. The van der Waals surface area contributed by atoms with Crippen molar-refractivity contribution in [2.45, 2.75) is 77.6 Å². The fourth-order valence-electron chi connectivity index (χ4n) is 5.51. The maximum absolute atomic E-state index is 12.5. The molecule has 4 aromatic carbocycles. The topological polar surface area (TPSA) is 44.8 Å². The number of hydrogen-bond acceptors (Lipinski definition) is 4.